The summed E-state index contributed by atoms with van der Waals surface area (Å²) in [6.07, 6.45) is 0.680. The quantitative estimate of drug-likeness (QED) is 0.738. The number of nitrogens with zero attached hydrogens (tertiary/aromatic N) is 4. The van der Waals surface area contributed by atoms with E-state index in [9.17, 15) is 13.2 Å². The lowest BCUT2D eigenvalue weighted by Gasteiger charge is -2.33. The zero-order chi connectivity index (χ0) is 20.8. The number of carbonyl (C=O) groups excluding carboxylic acids is 1. The number of benzene rings is 1. The molecular formula is C20H26N4O3S2. The van der Waals surface area contributed by atoms with Crippen LogP contribution in [0.1, 0.15) is 30.1 Å². The zero-order valence-corrected chi connectivity index (χ0v) is 18.6. The summed E-state index contributed by atoms with van der Waals surface area (Å²) < 4.78 is 27.9. The Labute approximate surface area is 176 Å². The third kappa shape index (κ3) is 3.96. The van der Waals surface area contributed by atoms with Gasteiger partial charge >= 0.3 is 0 Å². The van der Waals surface area contributed by atoms with Crippen molar-refractivity contribution in [2.45, 2.75) is 44.7 Å². The maximum Gasteiger partial charge on any atom is 0.243 e. The van der Waals surface area contributed by atoms with Gasteiger partial charge in [0.2, 0.25) is 15.9 Å². The van der Waals surface area contributed by atoms with Crippen molar-refractivity contribution in [3.8, 4) is 0 Å². The summed E-state index contributed by atoms with van der Waals surface area (Å²) in [7, 11) is -3.54. The van der Waals surface area contributed by atoms with Gasteiger partial charge in [-0.2, -0.15) is 4.31 Å². The maximum atomic E-state index is 13.2. The lowest BCUT2D eigenvalue weighted by Crippen LogP contribution is -2.48. The number of hydrogen-bond acceptors (Lipinski definition) is 6. The van der Waals surface area contributed by atoms with Crippen molar-refractivity contribution in [1.29, 1.82) is 0 Å². The Morgan fingerprint density at radius 2 is 1.97 bits per heavy atom. The Hall–Kier alpha value is -1.81. The SMILES string of the molecule is CC(=O)N1c2ccc(S(=O)(=O)N3CCN(Cc4csc(C)n4)CC3)cc2CC1C. The van der Waals surface area contributed by atoms with Gasteiger partial charge < -0.3 is 4.90 Å². The second kappa shape index (κ2) is 7.79. The molecule has 156 valence electrons. The molecule has 0 aliphatic carbocycles. The highest BCUT2D eigenvalue weighted by molar-refractivity contribution is 7.89. The van der Waals surface area contributed by atoms with E-state index >= 15 is 0 Å². The third-order valence-corrected chi connectivity index (χ3v) is 8.34. The van der Waals surface area contributed by atoms with Crippen LogP contribution in [0, 0.1) is 6.92 Å². The van der Waals surface area contributed by atoms with Crippen LogP contribution in [0.3, 0.4) is 0 Å². The molecule has 2 aliphatic heterocycles. The minimum absolute atomic E-state index is 0.0155. The number of amides is 1. The average Bonchev–Trinajstić information content (AvgIpc) is 3.23. The number of aryl methyl sites for hydroxylation is 1. The molecule has 1 fully saturated rings. The predicted molar refractivity (Wildman–Crippen MR) is 114 cm³/mol. The number of carbonyl (C=O) groups is 1. The largest absolute Gasteiger partial charge is 0.309 e. The van der Waals surface area contributed by atoms with E-state index in [-0.39, 0.29) is 11.9 Å². The van der Waals surface area contributed by atoms with Crippen LogP contribution >= 0.6 is 11.3 Å². The minimum atomic E-state index is -3.54. The number of sulfonamides is 1. The normalized spacial score (nSPS) is 20.8. The van der Waals surface area contributed by atoms with Crippen molar-refractivity contribution in [3.05, 3.63) is 39.8 Å². The van der Waals surface area contributed by atoms with Crippen molar-refractivity contribution in [2.75, 3.05) is 31.1 Å². The maximum absolute atomic E-state index is 13.2. The Balaban J connectivity index is 1.46. The second-order valence-corrected chi connectivity index (χ2v) is 10.8. The van der Waals surface area contributed by atoms with Crippen LogP contribution in [0.4, 0.5) is 5.69 Å². The van der Waals surface area contributed by atoms with Gasteiger partial charge in [-0.3, -0.25) is 9.69 Å². The molecule has 1 aromatic heterocycles. The third-order valence-electron chi connectivity index (χ3n) is 5.63. The van der Waals surface area contributed by atoms with Crippen LogP contribution in [0.25, 0.3) is 0 Å². The van der Waals surface area contributed by atoms with Gasteiger partial charge in [0, 0.05) is 56.8 Å². The van der Waals surface area contributed by atoms with E-state index < -0.39 is 10.0 Å². The zero-order valence-electron chi connectivity index (χ0n) is 17.0. The Morgan fingerprint density at radius 1 is 1.24 bits per heavy atom. The summed E-state index contributed by atoms with van der Waals surface area (Å²) in [5.41, 5.74) is 2.80. The molecule has 7 nitrogen and oxygen atoms in total. The summed E-state index contributed by atoms with van der Waals surface area (Å²) >= 11 is 1.64. The first-order valence-electron chi connectivity index (χ1n) is 9.82. The summed E-state index contributed by atoms with van der Waals surface area (Å²) in [6.45, 7) is 8.60. The fourth-order valence-corrected chi connectivity index (χ4v) is 6.31. The fraction of sp³-hybridized carbons (Fsp3) is 0.500. The first-order chi connectivity index (χ1) is 13.8. The average molecular weight is 435 g/mol. The topological polar surface area (TPSA) is 73.8 Å². The number of thiazole rings is 1. The molecule has 2 aliphatic rings. The van der Waals surface area contributed by atoms with Crippen LogP contribution < -0.4 is 4.90 Å². The molecule has 2 aromatic rings. The molecule has 9 heteroatoms. The summed E-state index contributed by atoms with van der Waals surface area (Å²) in [4.78, 5) is 20.7. The van der Waals surface area contributed by atoms with Crippen molar-refractivity contribution in [3.63, 3.8) is 0 Å². The van der Waals surface area contributed by atoms with Crippen LogP contribution in [-0.4, -0.2) is 60.7 Å². The van der Waals surface area contributed by atoms with Gasteiger partial charge in [0.25, 0.3) is 0 Å². The summed E-state index contributed by atoms with van der Waals surface area (Å²) in [5, 5.41) is 3.12. The van der Waals surface area contributed by atoms with Gasteiger partial charge in [0.15, 0.2) is 0 Å². The molecule has 0 spiro atoms. The smallest absolute Gasteiger partial charge is 0.243 e. The highest BCUT2D eigenvalue weighted by atomic mass is 32.2. The molecule has 4 rings (SSSR count). The van der Waals surface area contributed by atoms with E-state index in [1.807, 2.05) is 13.8 Å². The highest BCUT2D eigenvalue weighted by Gasteiger charge is 2.33. The van der Waals surface area contributed by atoms with Gasteiger partial charge in [-0.05, 0) is 44.0 Å². The Bertz CT molecular complexity index is 1030. The molecule has 0 saturated carbocycles. The van der Waals surface area contributed by atoms with Gasteiger partial charge in [0.05, 0.1) is 15.6 Å². The van der Waals surface area contributed by atoms with Crippen molar-refractivity contribution in [2.24, 2.45) is 0 Å². The fourth-order valence-electron chi connectivity index (χ4n) is 4.23. The number of hydrogen-bond donors (Lipinski definition) is 0. The van der Waals surface area contributed by atoms with Crippen molar-refractivity contribution >= 4 is 33.0 Å². The van der Waals surface area contributed by atoms with Crippen molar-refractivity contribution < 1.29 is 13.2 Å². The standard InChI is InChI=1S/C20H26N4O3S2/c1-14-10-17-11-19(4-5-20(17)24(14)16(3)25)29(26,27)23-8-6-22(7-9-23)12-18-13-28-15(2)21-18/h4-5,11,13-14H,6-10,12H2,1-3H3. The number of fused-ring (bicyclic) bond motifs is 1. The number of piperazine rings is 1. The number of anilines is 1. The summed E-state index contributed by atoms with van der Waals surface area (Å²) in [6, 6.07) is 5.20. The molecular weight excluding hydrogens is 408 g/mol. The van der Waals surface area contributed by atoms with Crippen LogP contribution in [0.5, 0.6) is 0 Å². The molecule has 29 heavy (non-hydrogen) atoms. The van der Waals surface area contributed by atoms with Gasteiger partial charge in [-0.1, -0.05) is 0 Å². The van der Waals surface area contributed by atoms with E-state index in [0.717, 1.165) is 28.5 Å². The number of aromatic nitrogens is 1. The molecule has 1 aromatic carbocycles. The molecule has 1 unspecified atom stereocenters. The van der Waals surface area contributed by atoms with Crippen molar-refractivity contribution in [1.82, 2.24) is 14.2 Å². The number of rotatable bonds is 4. The predicted octanol–water partition coefficient (Wildman–Crippen LogP) is 2.26. The monoisotopic (exact) mass is 434 g/mol. The molecule has 1 saturated heterocycles. The van der Waals surface area contributed by atoms with Gasteiger partial charge in [0.1, 0.15) is 0 Å². The van der Waals surface area contributed by atoms with Crippen LogP contribution in [-0.2, 0) is 27.8 Å². The lowest BCUT2D eigenvalue weighted by molar-refractivity contribution is -0.116. The van der Waals surface area contributed by atoms with Crippen LogP contribution in [0.2, 0.25) is 0 Å². The van der Waals surface area contributed by atoms with Crippen LogP contribution in [0.15, 0.2) is 28.5 Å². The molecule has 1 amide bonds. The van der Waals surface area contributed by atoms with E-state index in [1.165, 1.54) is 0 Å². The summed E-state index contributed by atoms with van der Waals surface area (Å²) in [5.74, 6) is -0.0155. The minimum Gasteiger partial charge on any atom is -0.309 e. The Kier molecular flexibility index (Phi) is 5.50. The first kappa shape index (κ1) is 20.5. The van der Waals surface area contributed by atoms with E-state index in [0.29, 0.717) is 37.5 Å². The van der Waals surface area contributed by atoms with E-state index in [4.69, 9.17) is 0 Å². The lowest BCUT2D eigenvalue weighted by atomic mass is 10.1. The first-order valence-corrected chi connectivity index (χ1v) is 12.1. The van der Waals surface area contributed by atoms with Gasteiger partial charge in [-0.25, -0.2) is 13.4 Å². The highest BCUT2D eigenvalue weighted by Crippen LogP contribution is 2.34. The van der Waals surface area contributed by atoms with Gasteiger partial charge in [-0.15, -0.1) is 11.3 Å². The molecule has 0 bridgehead atoms. The van der Waals surface area contributed by atoms with E-state index in [2.05, 4.69) is 15.3 Å². The Morgan fingerprint density at radius 3 is 2.59 bits per heavy atom. The molecule has 1 atom stereocenters. The molecule has 0 N–H and O–H groups in total. The van der Waals surface area contributed by atoms with E-state index in [1.54, 1.807) is 45.7 Å². The molecule has 3 heterocycles. The second-order valence-electron chi connectivity index (χ2n) is 7.77. The molecule has 0 radical (unpaired) electrons.